The average molecular weight is 350 g/mol. The zero-order valence-electron chi connectivity index (χ0n) is 12.7. The maximum absolute atomic E-state index is 12.2. The van der Waals surface area contributed by atoms with Gasteiger partial charge in [-0.25, -0.2) is 4.79 Å². The molecule has 6 heteroatoms. The number of amides is 1. The summed E-state index contributed by atoms with van der Waals surface area (Å²) in [6.45, 7) is 1.53. The summed E-state index contributed by atoms with van der Waals surface area (Å²) in [5, 5.41) is 3.18. The minimum atomic E-state index is -0.920. The van der Waals surface area contributed by atoms with Crippen molar-refractivity contribution in [3.63, 3.8) is 0 Å². The molecule has 1 amide bonds. The van der Waals surface area contributed by atoms with Crippen molar-refractivity contribution in [3.05, 3.63) is 59.1 Å². The Morgan fingerprint density at radius 1 is 1.17 bits per heavy atom. The van der Waals surface area contributed by atoms with E-state index in [2.05, 4.69) is 5.32 Å². The fourth-order valence-corrected chi connectivity index (χ4v) is 2.68. The molecule has 0 saturated heterocycles. The largest absolute Gasteiger partial charge is 0.449 e. The van der Waals surface area contributed by atoms with Gasteiger partial charge in [-0.05, 0) is 43.5 Å². The molecule has 120 valence electrons. The maximum Gasteiger partial charge on any atom is 0.340 e. The van der Waals surface area contributed by atoms with Crippen LogP contribution in [-0.4, -0.2) is 24.2 Å². The summed E-state index contributed by atoms with van der Waals surface area (Å²) in [5.74, 6) is -0.939. The minimum absolute atomic E-state index is 0.415. The molecule has 2 rings (SSSR count). The van der Waals surface area contributed by atoms with Gasteiger partial charge in [-0.3, -0.25) is 4.79 Å². The first-order valence-electron chi connectivity index (χ1n) is 6.91. The molecule has 4 nitrogen and oxygen atoms in total. The molecular weight excluding hydrogens is 334 g/mol. The number of halogens is 1. The Balaban J connectivity index is 2.01. The van der Waals surface area contributed by atoms with Crippen LogP contribution in [0.25, 0.3) is 0 Å². The SMILES string of the molecule is CSc1ccccc1C(=O)O[C@@H](C)C(=O)Nc1cccc(Cl)c1. The second-order valence-electron chi connectivity index (χ2n) is 4.75. The summed E-state index contributed by atoms with van der Waals surface area (Å²) >= 11 is 7.31. The standard InChI is InChI=1S/C17H16ClNO3S/c1-11(16(20)19-13-7-5-6-12(18)10-13)22-17(21)14-8-3-4-9-15(14)23-2/h3-11H,1-2H3,(H,19,20)/t11-/m0/s1. The van der Waals surface area contributed by atoms with Crippen molar-refractivity contribution in [1.29, 1.82) is 0 Å². The number of hydrogen-bond acceptors (Lipinski definition) is 4. The van der Waals surface area contributed by atoms with Crippen LogP contribution in [0.3, 0.4) is 0 Å². The lowest BCUT2D eigenvalue weighted by Gasteiger charge is -2.14. The quantitative estimate of drug-likeness (QED) is 0.647. The van der Waals surface area contributed by atoms with Crippen LogP contribution in [0.15, 0.2) is 53.4 Å². The molecule has 1 atom stereocenters. The number of anilines is 1. The van der Waals surface area contributed by atoms with E-state index in [1.54, 1.807) is 36.4 Å². The molecule has 0 aliphatic heterocycles. The van der Waals surface area contributed by atoms with E-state index in [0.29, 0.717) is 16.3 Å². The highest BCUT2D eigenvalue weighted by Gasteiger charge is 2.20. The molecule has 0 bridgehead atoms. The normalized spacial score (nSPS) is 11.6. The predicted molar refractivity (Wildman–Crippen MR) is 93.2 cm³/mol. The first-order chi connectivity index (χ1) is 11.0. The van der Waals surface area contributed by atoms with Gasteiger partial charge >= 0.3 is 5.97 Å². The summed E-state index contributed by atoms with van der Waals surface area (Å²) in [7, 11) is 0. The van der Waals surface area contributed by atoms with Gasteiger partial charge in [0.1, 0.15) is 0 Å². The van der Waals surface area contributed by atoms with E-state index in [0.717, 1.165) is 4.90 Å². The smallest absolute Gasteiger partial charge is 0.340 e. The maximum atomic E-state index is 12.2. The summed E-state index contributed by atoms with van der Waals surface area (Å²) in [5.41, 5.74) is 0.998. The van der Waals surface area contributed by atoms with Crippen LogP contribution in [0.4, 0.5) is 5.69 Å². The summed E-state index contributed by atoms with van der Waals surface area (Å²) in [4.78, 5) is 25.1. The lowest BCUT2D eigenvalue weighted by atomic mass is 10.2. The fraction of sp³-hybridized carbons (Fsp3) is 0.176. The Labute approximate surface area is 144 Å². The van der Waals surface area contributed by atoms with Crippen LogP contribution < -0.4 is 5.32 Å². The van der Waals surface area contributed by atoms with Crippen molar-refractivity contribution in [2.24, 2.45) is 0 Å². The Bertz CT molecular complexity index is 720. The van der Waals surface area contributed by atoms with Crippen LogP contribution in [0.2, 0.25) is 5.02 Å². The van der Waals surface area contributed by atoms with E-state index in [4.69, 9.17) is 16.3 Å². The molecular formula is C17H16ClNO3S. The predicted octanol–water partition coefficient (Wildman–Crippen LogP) is 4.25. The van der Waals surface area contributed by atoms with E-state index < -0.39 is 18.0 Å². The van der Waals surface area contributed by atoms with E-state index in [9.17, 15) is 9.59 Å². The number of thioether (sulfide) groups is 1. The van der Waals surface area contributed by atoms with Crippen molar-refractivity contribution >= 4 is 40.9 Å². The van der Waals surface area contributed by atoms with Gasteiger partial charge in [-0.1, -0.05) is 29.8 Å². The number of ether oxygens (including phenoxy) is 1. The molecule has 0 unspecified atom stereocenters. The van der Waals surface area contributed by atoms with E-state index in [1.165, 1.54) is 18.7 Å². The van der Waals surface area contributed by atoms with Gasteiger partial charge in [-0.2, -0.15) is 0 Å². The molecule has 0 aliphatic rings. The fourth-order valence-electron chi connectivity index (χ4n) is 1.90. The average Bonchev–Trinajstić information content (AvgIpc) is 2.54. The van der Waals surface area contributed by atoms with E-state index in [1.807, 2.05) is 18.4 Å². The van der Waals surface area contributed by atoms with E-state index >= 15 is 0 Å². The number of esters is 1. The lowest BCUT2D eigenvalue weighted by Crippen LogP contribution is -2.30. The molecule has 1 N–H and O–H groups in total. The zero-order valence-corrected chi connectivity index (χ0v) is 14.3. The summed E-state index contributed by atoms with van der Waals surface area (Å²) < 4.78 is 5.25. The highest BCUT2D eigenvalue weighted by atomic mass is 35.5. The second kappa shape index (κ2) is 8.04. The molecule has 23 heavy (non-hydrogen) atoms. The number of benzene rings is 2. The number of carbonyl (C=O) groups is 2. The van der Waals surface area contributed by atoms with Gasteiger partial charge in [0, 0.05) is 15.6 Å². The van der Waals surface area contributed by atoms with E-state index in [-0.39, 0.29) is 0 Å². The molecule has 0 heterocycles. The molecule has 0 spiro atoms. The molecule has 0 aliphatic carbocycles. The van der Waals surface area contributed by atoms with Gasteiger partial charge in [0.25, 0.3) is 5.91 Å². The second-order valence-corrected chi connectivity index (χ2v) is 6.03. The molecule has 0 fully saturated rings. The number of carbonyl (C=O) groups excluding carboxylic acids is 2. The van der Waals surface area contributed by atoms with Gasteiger partial charge in [0.15, 0.2) is 6.10 Å². The van der Waals surface area contributed by atoms with Crippen molar-refractivity contribution in [1.82, 2.24) is 0 Å². The first-order valence-corrected chi connectivity index (χ1v) is 8.52. The number of rotatable bonds is 5. The molecule has 0 aromatic heterocycles. The van der Waals surface area contributed by atoms with Gasteiger partial charge in [0.2, 0.25) is 0 Å². The molecule has 0 saturated carbocycles. The first kappa shape index (κ1) is 17.4. The van der Waals surface area contributed by atoms with Gasteiger partial charge in [0.05, 0.1) is 5.56 Å². The molecule has 2 aromatic carbocycles. The number of hydrogen-bond donors (Lipinski definition) is 1. The third-order valence-electron chi connectivity index (χ3n) is 3.07. The van der Waals surface area contributed by atoms with Crippen LogP contribution in [-0.2, 0) is 9.53 Å². The van der Waals surface area contributed by atoms with Gasteiger partial charge < -0.3 is 10.1 Å². The van der Waals surface area contributed by atoms with Gasteiger partial charge in [-0.15, -0.1) is 11.8 Å². The third kappa shape index (κ3) is 4.74. The van der Waals surface area contributed by atoms with Crippen LogP contribution >= 0.6 is 23.4 Å². The summed E-state index contributed by atoms with van der Waals surface area (Å²) in [6, 6.07) is 13.9. The highest BCUT2D eigenvalue weighted by molar-refractivity contribution is 7.98. The molecule has 2 aromatic rings. The Kier molecular flexibility index (Phi) is 6.07. The van der Waals surface area contributed by atoms with Crippen LogP contribution in [0.5, 0.6) is 0 Å². The Morgan fingerprint density at radius 2 is 1.91 bits per heavy atom. The Hall–Kier alpha value is -1.98. The zero-order chi connectivity index (χ0) is 16.8. The van der Waals surface area contributed by atoms with Crippen molar-refractivity contribution in [3.8, 4) is 0 Å². The lowest BCUT2D eigenvalue weighted by molar-refractivity contribution is -0.123. The minimum Gasteiger partial charge on any atom is -0.449 e. The highest BCUT2D eigenvalue weighted by Crippen LogP contribution is 2.21. The number of nitrogens with one attached hydrogen (secondary N) is 1. The van der Waals surface area contributed by atoms with Crippen molar-refractivity contribution in [2.45, 2.75) is 17.9 Å². The topological polar surface area (TPSA) is 55.4 Å². The van der Waals surface area contributed by atoms with Crippen molar-refractivity contribution in [2.75, 3.05) is 11.6 Å². The monoisotopic (exact) mass is 349 g/mol. The Morgan fingerprint density at radius 3 is 2.61 bits per heavy atom. The summed E-state index contributed by atoms with van der Waals surface area (Å²) in [6.07, 6.45) is 0.956. The van der Waals surface area contributed by atoms with Crippen LogP contribution in [0.1, 0.15) is 17.3 Å². The molecule has 0 radical (unpaired) electrons. The van der Waals surface area contributed by atoms with Crippen LogP contribution in [0, 0.1) is 0 Å². The third-order valence-corrected chi connectivity index (χ3v) is 4.10. The van der Waals surface area contributed by atoms with Crippen molar-refractivity contribution < 1.29 is 14.3 Å².